The zero-order valence-corrected chi connectivity index (χ0v) is 27.4. The fraction of sp³-hybridized carbons (Fsp3) is 0.500. The number of pyridine rings is 2. The molecule has 0 unspecified atom stereocenters. The molecule has 48 heavy (non-hydrogen) atoms. The minimum Gasteiger partial charge on any atom is -0.465 e. The Morgan fingerprint density at radius 1 is 0.938 bits per heavy atom. The van der Waals surface area contributed by atoms with E-state index in [1.807, 2.05) is 0 Å². The molecule has 1 aromatic carbocycles. The highest BCUT2D eigenvalue weighted by molar-refractivity contribution is 6.04. The highest BCUT2D eigenvalue weighted by atomic mass is 19.4. The van der Waals surface area contributed by atoms with Gasteiger partial charge in [-0.2, -0.15) is 13.2 Å². The first-order valence-corrected chi connectivity index (χ1v) is 16.4. The summed E-state index contributed by atoms with van der Waals surface area (Å²) >= 11 is 0. The second kappa shape index (κ2) is 15.4. The molecule has 8 nitrogen and oxygen atoms in total. The predicted molar refractivity (Wildman–Crippen MR) is 170 cm³/mol. The van der Waals surface area contributed by atoms with Crippen LogP contribution in [-0.4, -0.2) is 48.2 Å². The number of hydrogen-bond acceptors (Lipinski definition) is 7. The molecule has 2 aliphatic rings. The van der Waals surface area contributed by atoms with Crippen molar-refractivity contribution in [3.05, 3.63) is 77.0 Å². The fourth-order valence-corrected chi connectivity index (χ4v) is 6.67. The van der Waals surface area contributed by atoms with Gasteiger partial charge in [0.05, 0.1) is 24.5 Å². The largest absolute Gasteiger partial charge is 0.465 e. The smallest absolute Gasteiger partial charge is 0.421 e. The van der Waals surface area contributed by atoms with Gasteiger partial charge in [0, 0.05) is 49.3 Å². The number of carbonyl (C=O) groups excluding carboxylic acids is 2. The van der Waals surface area contributed by atoms with Gasteiger partial charge in [-0.15, -0.1) is 0 Å². The molecule has 0 aliphatic heterocycles. The number of nitrogens with zero attached hydrogens (tertiary/aromatic N) is 3. The quantitative estimate of drug-likeness (QED) is 0.159. The molecule has 0 N–H and O–H groups in total. The van der Waals surface area contributed by atoms with Gasteiger partial charge in [-0.05, 0) is 93.9 Å². The number of aromatic nitrogens is 2. The van der Waals surface area contributed by atoms with Crippen LogP contribution in [0.15, 0.2) is 48.8 Å². The lowest BCUT2D eigenvalue weighted by atomic mass is 9.81. The Morgan fingerprint density at radius 2 is 1.67 bits per heavy atom. The molecule has 2 aromatic heterocycles. The van der Waals surface area contributed by atoms with Crippen molar-refractivity contribution in [2.75, 3.05) is 19.1 Å². The van der Waals surface area contributed by atoms with E-state index < -0.39 is 35.2 Å². The number of benzene rings is 1. The van der Waals surface area contributed by atoms with Gasteiger partial charge in [0.15, 0.2) is 11.6 Å². The maximum Gasteiger partial charge on any atom is 0.421 e. The molecule has 0 spiro atoms. The summed E-state index contributed by atoms with van der Waals surface area (Å²) in [7, 11) is 2.77. The Bertz CT molecular complexity index is 1570. The van der Waals surface area contributed by atoms with Crippen LogP contribution in [0.5, 0.6) is 11.6 Å². The van der Waals surface area contributed by atoms with Crippen molar-refractivity contribution in [2.45, 2.75) is 89.5 Å². The van der Waals surface area contributed by atoms with E-state index in [4.69, 9.17) is 14.2 Å². The predicted octanol–water partition coefficient (Wildman–Crippen LogP) is 8.12. The third-order valence-corrected chi connectivity index (χ3v) is 9.48. The molecule has 1 amide bonds. The van der Waals surface area contributed by atoms with E-state index in [9.17, 15) is 22.8 Å². The standard InChI is InChI=1S/C36H41F4N3O5/c1-22-7-10-24(11-8-22)34(44)43(26-13-15-27(46-2)16-14-26)31-20-30(37)32(19-28(31)35(45)47-3)48-33-29(36(38,39)40)18-23(21-42-33)9-12-25-6-4-5-17-41-25/h4-6,17-22,24,26-27H,7-16H2,1-3H3/t22-,24-,26?,27?. The SMILES string of the molecule is COC(=O)c1cc(Oc2ncc(CCc3ccccn3)cc2C(F)(F)F)c(F)cc1N(C(=O)[C@H]1CC[C@H](C)CC1)C1CCC(OC)CC1. The lowest BCUT2D eigenvalue weighted by molar-refractivity contribution is -0.139. The molecule has 2 saturated carbocycles. The van der Waals surface area contributed by atoms with Crippen LogP contribution in [0, 0.1) is 17.7 Å². The summed E-state index contributed by atoms with van der Waals surface area (Å²) in [6.45, 7) is 2.14. The Kier molecular flexibility index (Phi) is 11.3. The third-order valence-electron chi connectivity index (χ3n) is 9.48. The molecule has 5 rings (SSSR count). The third kappa shape index (κ3) is 8.32. The number of ether oxygens (including phenoxy) is 3. The second-order valence-corrected chi connectivity index (χ2v) is 12.7. The number of methoxy groups -OCH3 is 2. The minimum absolute atomic E-state index is 0.00469. The minimum atomic E-state index is -4.87. The number of amides is 1. The Balaban J connectivity index is 1.50. The molecule has 0 atom stereocenters. The number of esters is 1. The molecule has 2 aliphatic carbocycles. The average molecular weight is 672 g/mol. The van der Waals surface area contributed by atoms with Crippen molar-refractivity contribution < 1.29 is 41.4 Å². The van der Waals surface area contributed by atoms with E-state index >= 15 is 4.39 Å². The number of halogens is 4. The zero-order valence-electron chi connectivity index (χ0n) is 27.4. The van der Waals surface area contributed by atoms with Gasteiger partial charge in [0.1, 0.15) is 5.56 Å². The van der Waals surface area contributed by atoms with Gasteiger partial charge < -0.3 is 19.1 Å². The Morgan fingerprint density at radius 3 is 2.29 bits per heavy atom. The number of hydrogen-bond donors (Lipinski definition) is 0. The second-order valence-electron chi connectivity index (χ2n) is 12.7. The molecule has 0 bridgehead atoms. The lowest BCUT2D eigenvalue weighted by Crippen LogP contribution is -2.47. The first kappa shape index (κ1) is 35.3. The van der Waals surface area contributed by atoms with E-state index in [0.29, 0.717) is 62.1 Å². The summed E-state index contributed by atoms with van der Waals surface area (Å²) in [6, 6.07) is 7.87. The first-order valence-electron chi connectivity index (χ1n) is 16.4. The summed E-state index contributed by atoms with van der Waals surface area (Å²) < 4.78 is 74.6. The van der Waals surface area contributed by atoms with E-state index in [-0.39, 0.29) is 41.6 Å². The maximum atomic E-state index is 15.9. The molecule has 258 valence electrons. The van der Waals surface area contributed by atoms with E-state index in [0.717, 1.165) is 38.2 Å². The molecule has 2 heterocycles. The Labute approximate surface area is 277 Å². The van der Waals surface area contributed by atoms with Gasteiger partial charge in [-0.1, -0.05) is 13.0 Å². The van der Waals surface area contributed by atoms with Crippen molar-refractivity contribution in [1.29, 1.82) is 0 Å². The molecular formula is C36H41F4N3O5. The summed E-state index contributed by atoms with van der Waals surface area (Å²) in [5, 5.41) is 0. The average Bonchev–Trinajstić information content (AvgIpc) is 3.09. The van der Waals surface area contributed by atoms with Crippen LogP contribution in [0.4, 0.5) is 23.2 Å². The van der Waals surface area contributed by atoms with Gasteiger partial charge in [0.2, 0.25) is 11.8 Å². The number of alkyl halides is 3. The molecular weight excluding hydrogens is 630 g/mol. The van der Waals surface area contributed by atoms with E-state index in [2.05, 4.69) is 16.9 Å². The van der Waals surface area contributed by atoms with Crippen LogP contribution < -0.4 is 9.64 Å². The molecule has 2 fully saturated rings. The topological polar surface area (TPSA) is 90.9 Å². The van der Waals surface area contributed by atoms with Crippen molar-refractivity contribution in [1.82, 2.24) is 9.97 Å². The first-order chi connectivity index (χ1) is 23.0. The molecule has 12 heteroatoms. The van der Waals surface area contributed by atoms with E-state index in [1.54, 1.807) is 31.5 Å². The highest BCUT2D eigenvalue weighted by Crippen LogP contribution is 2.41. The van der Waals surface area contributed by atoms with Crippen LogP contribution >= 0.6 is 0 Å². The lowest BCUT2D eigenvalue weighted by Gasteiger charge is -2.40. The molecule has 0 saturated heterocycles. The number of rotatable bonds is 10. The fourth-order valence-electron chi connectivity index (χ4n) is 6.67. The van der Waals surface area contributed by atoms with Crippen LogP contribution in [0.1, 0.15) is 85.5 Å². The van der Waals surface area contributed by atoms with Gasteiger partial charge in [-0.25, -0.2) is 14.2 Å². The molecule has 3 aromatic rings. The van der Waals surface area contributed by atoms with Crippen LogP contribution in [0.2, 0.25) is 0 Å². The van der Waals surface area contributed by atoms with Crippen LogP contribution in [0.25, 0.3) is 0 Å². The summed E-state index contributed by atoms with van der Waals surface area (Å²) in [4.78, 5) is 37.0. The van der Waals surface area contributed by atoms with Crippen molar-refractivity contribution in [3.8, 4) is 11.6 Å². The summed E-state index contributed by atoms with van der Waals surface area (Å²) in [5.41, 5.74) is -0.379. The summed E-state index contributed by atoms with van der Waals surface area (Å²) in [5.74, 6) is -3.47. The van der Waals surface area contributed by atoms with Crippen molar-refractivity contribution in [2.24, 2.45) is 11.8 Å². The maximum absolute atomic E-state index is 15.9. The number of carbonyl (C=O) groups is 2. The Hall–Kier alpha value is -4.06. The number of aryl methyl sites for hydroxylation is 2. The van der Waals surface area contributed by atoms with Gasteiger partial charge >= 0.3 is 12.1 Å². The number of anilines is 1. The van der Waals surface area contributed by atoms with Gasteiger partial charge in [0.25, 0.3) is 0 Å². The van der Waals surface area contributed by atoms with E-state index in [1.165, 1.54) is 11.1 Å². The zero-order chi connectivity index (χ0) is 34.4. The summed E-state index contributed by atoms with van der Waals surface area (Å²) in [6.07, 6.45) is 4.21. The monoisotopic (exact) mass is 671 g/mol. The van der Waals surface area contributed by atoms with Gasteiger partial charge in [-0.3, -0.25) is 9.78 Å². The molecule has 0 radical (unpaired) electrons. The van der Waals surface area contributed by atoms with Crippen molar-refractivity contribution in [3.63, 3.8) is 0 Å². The van der Waals surface area contributed by atoms with Crippen LogP contribution in [0.3, 0.4) is 0 Å². The highest BCUT2D eigenvalue weighted by Gasteiger charge is 2.39. The van der Waals surface area contributed by atoms with Crippen molar-refractivity contribution >= 4 is 17.6 Å². The van der Waals surface area contributed by atoms with Crippen LogP contribution in [-0.2, 0) is 33.3 Å². The normalized spacial score (nSPS) is 21.4.